The van der Waals surface area contributed by atoms with E-state index in [1.807, 2.05) is 32.0 Å². The zero-order valence-corrected chi connectivity index (χ0v) is 17.4. The van der Waals surface area contributed by atoms with Crippen LogP contribution < -0.4 is 15.0 Å². The molecular weight excluding hydrogens is 391 g/mol. The minimum Gasteiger partial charge on any atom is -0.406 e. The molecule has 0 fully saturated rings. The van der Waals surface area contributed by atoms with E-state index in [1.54, 1.807) is 19.1 Å². The summed E-state index contributed by atoms with van der Waals surface area (Å²) in [7, 11) is 3.71. The second kappa shape index (κ2) is 10.0. The van der Waals surface area contributed by atoms with Gasteiger partial charge in [-0.15, -0.1) is 19.1 Å². The van der Waals surface area contributed by atoms with E-state index in [4.69, 9.17) is 0 Å². The smallest absolute Gasteiger partial charge is 0.406 e. The summed E-state index contributed by atoms with van der Waals surface area (Å²) in [6.45, 7) is 4.81. The number of likely N-dealkylation sites (N-methyl/N-ethyl adjacent to an activating group) is 1. The Morgan fingerprint density at radius 1 is 1.20 bits per heavy atom. The van der Waals surface area contributed by atoms with Gasteiger partial charge in [0.2, 0.25) is 0 Å². The fourth-order valence-corrected chi connectivity index (χ4v) is 3.29. The second-order valence-electron chi connectivity index (χ2n) is 6.75. The van der Waals surface area contributed by atoms with Crippen molar-refractivity contribution in [3.05, 3.63) is 47.0 Å². The summed E-state index contributed by atoms with van der Waals surface area (Å²) < 4.78 is 41.3. The lowest BCUT2D eigenvalue weighted by Gasteiger charge is -2.25. The lowest BCUT2D eigenvalue weighted by molar-refractivity contribution is -0.274. The maximum Gasteiger partial charge on any atom is 0.573 e. The molecule has 0 aliphatic heterocycles. The van der Waals surface area contributed by atoms with Crippen LogP contribution in [0.1, 0.15) is 23.6 Å². The first-order chi connectivity index (χ1) is 14.2. The highest BCUT2D eigenvalue weighted by atomic mass is 19.4. The van der Waals surface area contributed by atoms with Gasteiger partial charge in [-0.3, -0.25) is 0 Å². The van der Waals surface area contributed by atoms with Crippen molar-refractivity contribution in [2.24, 2.45) is 0 Å². The first kappa shape index (κ1) is 23.1. The topological polar surface area (TPSA) is 48.3 Å². The summed E-state index contributed by atoms with van der Waals surface area (Å²) in [4.78, 5) is 1.93. The van der Waals surface area contributed by atoms with E-state index in [-0.39, 0.29) is 5.75 Å². The molecule has 0 saturated carbocycles. The van der Waals surface area contributed by atoms with E-state index in [0.29, 0.717) is 25.1 Å². The average Bonchev–Trinajstić information content (AvgIpc) is 2.70. The highest BCUT2D eigenvalue weighted by Gasteiger charge is 2.31. The van der Waals surface area contributed by atoms with Crippen LogP contribution in [0.25, 0.3) is 11.1 Å². The Labute approximate surface area is 175 Å². The van der Waals surface area contributed by atoms with Crippen molar-refractivity contribution in [2.45, 2.75) is 26.6 Å². The largest absolute Gasteiger partial charge is 0.573 e. The van der Waals surface area contributed by atoms with E-state index in [0.717, 1.165) is 27.9 Å². The van der Waals surface area contributed by atoms with Gasteiger partial charge in [0.25, 0.3) is 0 Å². The Morgan fingerprint density at radius 2 is 1.87 bits per heavy atom. The molecule has 7 heteroatoms. The number of ether oxygens (including phenoxy) is 1. The molecule has 4 nitrogen and oxygen atoms in total. The van der Waals surface area contributed by atoms with Gasteiger partial charge in [-0.05, 0) is 74.3 Å². The third-order valence-electron chi connectivity index (χ3n) is 4.67. The molecule has 0 bridgehead atoms. The predicted octanol–water partition coefficient (Wildman–Crippen LogP) is 4.65. The molecule has 0 unspecified atom stereocenters. The Bertz CT molecular complexity index is 980. The van der Waals surface area contributed by atoms with E-state index in [2.05, 4.69) is 28.0 Å². The summed E-state index contributed by atoms with van der Waals surface area (Å²) in [6.07, 6.45) is -4.09. The predicted molar refractivity (Wildman–Crippen MR) is 112 cm³/mol. The normalized spacial score (nSPS) is 10.7. The minimum atomic E-state index is -4.73. The third kappa shape index (κ3) is 5.68. The van der Waals surface area contributed by atoms with Gasteiger partial charge in [0.05, 0.1) is 17.8 Å². The van der Waals surface area contributed by atoms with Crippen LogP contribution in [0, 0.1) is 30.1 Å². The van der Waals surface area contributed by atoms with Crippen molar-refractivity contribution >= 4 is 5.69 Å². The van der Waals surface area contributed by atoms with Crippen molar-refractivity contribution in [3.8, 4) is 34.8 Å². The number of nitriles is 1. The summed E-state index contributed by atoms with van der Waals surface area (Å²) in [5.74, 6) is 5.59. The van der Waals surface area contributed by atoms with Gasteiger partial charge in [0, 0.05) is 7.05 Å². The van der Waals surface area contributed by atoms with Crippen molar-refractivity contribution < 1.29 is 17.9 Å². The number of anilines is 1. The highest BCUT2D eigenvalue weighted by Crippen LogP contribution is 2.37. The van der Waals surface area contributed by atoms with Crippen LogP contribution in [0.4, 0.5) is 18.9 Å². The average molecular weight is 415 g/mol. The third-order valence-corrected chi connectivity index (χ3v) is 4.67. The van der Waals surface area contributed by atoms with Gasteiger partial charge in [-0.1, -0.05) is 18.1 Å². The van der Waals surface area contributed by atoms with E-state index in [9.17, 15) is 18.4 Å². The van der Waals surface area contributed by atoms with Gasteiger partial charge in [-0.2, -0.15) is 5.26 Å². The molecule has 2 rings (SSSR count). The van der Waals surface area contributed by atoms with Crippen LogP contribution in [-0.2, 0) is 6.42 Å². The number of benzene rings is 2. The molecule has 158 valence electrons. The molecular formula is C23H24F3N3O. The van der Waals surface area contributed by atoms with Crippen LogP contribution in [0.15, 0.2) is 30.3 Å². The molecule has 30 heavy (non-hydrogen) atoms. The molecule has 0 aromatic heterocycles. The van der Waals surface area contributed by atoms with Gasteiger partial charge >= 0.3 is 6.36 Å². The standard InChI is InChI=1S/C23H24F3N3O/c1-5-6-13-29(4)22-16(2)20(14-18(11-12-28-3)21(22)15-27)17-7-9-19(10-8-17)30-23(24,25)26/h7-10,14,28H,11-13H2,1-4H3. The number of rotatable bonds is 7. The first-order valence-corrected chi connectivity index (χ1v) is 9.40. The van der Waals surface area contributed by atoms with E-state index in [1.165, 1.54) is 12.1 Å². The van der Waals surface area contributed by atoms with Crippen LogP contribution in [0.2, 0.25) is 0 Å². The monoisotopic (exact) mass is 415 g/mol. The molecule has 0 spiro atoms. The van der Waals surface area contributed by atoms with Crippen molar-refractivity contribution in [1.29, 1.82) is 5.26 Å². The molecule has 0 atom stereocenters. The van der Waals surface area contributed by atoms with Crippen LogP contribution in [-0.4, -0.2) is 33.5 Å². The molecule has 1 N–H and O–H groups in total. The molecule has 0 aliphatic carbocycles. The summed E-state index contributed by atoms with van der Waals surface area (Å²) in [5.41, 5.74) is 4.70. The first-order valence-electron chi connectivity index (χ1n) is 9.40. The lowest BCUT2D eigenvalue weighted by Crippen LogP contribution is -2.21. The quantitative estimate of drug-likeness (QED) is 0.669. The van der Waals surface area contributed by atoms with Gasteiger partial charge in [0.1, 0.15) is 11.8 Å². The van der Waals surface area contributed by atoms with Gasteiger partial charge in [0.15, 0.2) is 0 Å². The zero-order valence-electron chi connectivity index (χ0n) is 17.4. The number of nitrogens with one attached hydrogen (secondary N) is 1. The maximum absolute atomic E-state index is 12.5. The number of hydrogen-bond acceptors (Lipinski definition) is 4. The summed E-state index contributed by atoms with van der Waals surface area (Å²) in [6, 6.07) is 10.0. The summed E-state index contributed by atoms with van der Waals surface area (Å²) in [5, 5.41) is 12.9. The SMILES string of the molecule is CC#CCN(C)c1c(C)c(-c2ccc(OC(F)(F)F)cc2)cc(CCNC)c1C#N. The maximum atomic E-state index is 12.5. The summed E-state index contributed by atoms with van der Waals surface area (Å²) >= 11 is 0. The Morgan fingerprint density at radius 3 is 2.40 bits per heavy atom. The highest BCUT2D eigenvalue weighted by molar-refractivity contribution is 5.80. The number of hydrogen-bond donors (Lipinski definition) is 1. The lowest BCUT2D eigenvalue weighted by atomic mass is 9.90. The minimum absolute atomic E-state index is 0.275. The van der Waals surface area contributed by atoms with E-state index < -0.39 is 6.36 Å². The van der Waals surface area contributed by atoms with Gasteiger partial charge in [-0.25, -0.2) is 0 Å². The Hall–Kier alpha value is -3.16. The van der Waals surface area contributed by atoms with Crippen molar-refractivity contribution in [2.75, 3.05) is 32.1 Å². The number of nitrogens with zero attached hydrogens (tertiary/aromatic N) is 2. The van der Waals surface area contributed by atoms with Crippen LogP contribution in [0.3, 0.4) is 0 Å². The molecule has 0 saturated heterocycles. The van der Waals surface area contributed by atoms with Crippen molar-refractivity contribution in [3.63, 3.8) is 0 Å². The molecule has 0 heterocycles. The molecule has 2 aromatic carbocycles. The number of alkyl halides is 3. The Balaban J connectivity index is 2.60. The fraction of sp³-hybridized carbons (Fsp3) is 0.348. The fourth-order valence-electron chi connectivity index (χ4n) is 3.29. The molecule has 2 aromatic rings. The second-order valence-corrected chi connectivity index (χ2v) is 6.75. The molecule has 0 aliphatic rings. The molecule has 0 amide bonds. The zero-order chi connectivity index (χ0) is 22.3. The van der Waals surface area contributed by atoms with Crippen molar-refractivity contribution in [1.82, 2.24) is 5.32 Å². The Kier molecular flexibility index (Phi) is 7.74. The van der Waals surface area contributed by atoms with E-state index >= 15 is 0 Å². The number of halogens is 3. The van der Waals surface area contributed by atoms with Gasteiger partial charge < -0.3 is 15.0 Å². The van der Waals surface area contributed by atoms with Crippen LogP contribution in [0.5, 0.6) is 5.75 Å². The van der Waals surface area contributed by atoms with Crippen LogP contribution >= 0.6 is 0 Å². The molecule has 0 radical (unpaired) electrons.